The molecule has 0 amide bonds. The summed E-state index contributed by atoms with van der Waals surface area (Å²) in [6.45, 7) is 4.13. The lowest BCUT2D eigenvalue weighted by atomic mass is 10.0. The van der Waals surface area contributed by atoms with Crippen LogP contribution in [0, 0.1) is 5.92 Å². The van der Waals surface area contributed by atoms with Crippen LogP contribution >= 0.6 is 0 Å². The van der Waals surface area contributed by atoms with Crippen molar-refractivity contribution in [3.05, 3.63) is 24.5 Å². The summed E-state index contributed by atoms with van der Waals surface area (Å²) < 4.78 is 23.4. The fourth-order valence-electron chi connectivity index (χ4n) is 2.32. The number of benzene rings is 1. The lowest BCUT2D eigenvalue weighted by molar-refractivity contribution is 0.259. The minimum atomic E-state index is -3.30. The molecular formula is C15H21N3O3S. The summed E-state index contributed by atoms with van der Waals surface area (Å²) in [5, 5.41) is 13.3. The first-order valence-electron chi connectivity index (χ1n) is 7.13. The maximum absolute atomic E-state index is 11.7. The summed E-state index contributed by atoms with van der Waals surface area (Å²) >= 11 is 0. The lowest BCUT2D eigenvalue weighted by Gasteiger charge is -2.19. The standard InChI is InChI=1S/C15H21N3O3S/c1-10(2)6-11(8-19)18-15-13-7-12(22(3,20)21)4-5-14(13)16-9-17-15/h4-5,7,9-11,19H,6,8H2,1-3H3,(H,16,17,18)/t11-/m1/s1. The van der Waals surface area contributed by atoms with Gasteiger partial charge in [-0.15, -0.1) is 0 Å². The molecule has 0 unspecified atom stereocenters. The van der Waals surface area contributed by atoms with Gasteiger partial charge in [0.1, 0.15) is 12.1 Å². The molecule has 0 radical (unpaired) electrons. The predicted molar refractivity (Wildman–Crippen MR) is 86.6 cm³/mol. The van der Waals surface area contributed by atoms with Crippen LogP contribution in [-0.4, -0.2) is 42.4 Å². The maximum Gasteiger partial charge on any atom is 0.175 e. The Labute approximate surface area is 130 Å². The Bertz CT molecular complexity index is 760. The second-order valence-electron chi connectivity index (χ2n) is 5.83. The average Bonchev–Trinajstić information content (AvgIpc) is 2.45. The van der Waals surface area contributed by atoms with Crippen LogP contribution in [0.1, 0.15) is 20.3 Å². The van der Waals surface area contributed by atoms with Gasteiger partial charge < -0.3 is 10.4 Å². The van der Waals surface area contributed by atoms with E-state index in [4.69, 9.17) is 0 Å². The molecule has 0 aliphatic carbocycles. The van der Waals surface area contributed by atoms with E-state index in [-0.39, 0.29) is 17.5 Å². The molecule has 7 heteroatoms. The van der Waals surface area contributed by atoms with Crippen LogP contribution in [0.4, 0.5) is 5.82 Å². The van der Waals surface area contributed by atoms with E-state index < -0.39 is 9.84 Å². The van der Waals surface area contributed by atoms with Crippen LogP contribution in [0.25, 0.3) is 10.9 Å². The van der Waals surface area contributed by atoms with E-state index in [9.17, 15) is 13.5 Å². The Morgan fingerprint density at radius 2 is 2.00 bits per heavy atom. The smallest absolute Gasteiger partial charge is 0.175 e. The highest BCUT2D eigenvalue weighted by atomic mass is 32.2. The Kier molecular flexibility index (Phi) is 4.97. The van der Waals surface area contributed by atoms with E-state index in [1.54, 1.807) is 12.1 Å². The van der Waals surface area contributed by atoms with Gasteiger partial charge in [0.15, 0.2) is 9.84 Å². The molecule has 1 atom stereocenters. The molecule has 1 aromatic heterocycles. The van der Waals surface area contributed by atoms with Crippen molar-refractivity contribution in [2.24, 2.45) is 5.92 Å². The second-order valence-corrected chi connectivity index (χ2v) is 7.84. The van der Waals surface area contributed by atoms with Crippen LogP contribution in [0.5, 0.6) is 0 Å². The zero-order valence-corrected chi connectivity index (χ0v) is 13.8. The normalized spacial score (nSPS) is 13.5. The molecule has 2 rings (SSSR count). The van der Waals surface area contributed by atoms with E-state index in [0.717, 1.165) is 6.42 Å². The fraction of sp³-hybridized carbons (Fsp3) is 0.467. The number of fused-ring (bicyclic) bond motifs is 1. The minimum Gasteiger partial charge on any atom is -0.394 e. The molecule has 0 bridgehead atoms. The number of sulfone groups is 1. The number of aliphatic hydroxyl groups excluding tert-OH is 1. The molecule has 0 spiro atoms. The predicted octanol–water partition coefficient (Wildman–Crippen LogP) is 1.85. The lowest BCUT2D eigenvalue weighted by Crippen LogP contribution is -2.26. The first kappa shape index (κ1) is 16.6. The van der Waals surface area contributed by atoms with Gasteiger partial charge >= 0.3 is 0 Å². The molecule has 22 heavy (non-hydrogen) atoms. The zero-order valence-electron chi connectivity index (χ0n) is 12.9. The number of aliphatic hydroxyl groups is 1. The topological polar surface area (TPSA) is 92.2 Å². The third-order valence-electron chi connectivity index (χ3n) is 3.35. The SMILES string of the molecule is CC(C)C[C@H](CO)Nc1ncnc2ccc(S(C)(=O)=O)cc12. The summed E-state index contributed by atoms with van der Waals surface area (Å²) in [5.41, 5.74) is 0.658. The summed E-state index contributed by atoms with van der Waals surface area (Å²) in [5.74, 6) is 0.958. The van der Waals surface area contributed by atoms with E-state index >= 15 is 0 Å². The van der Waals surface area contributed by atoms with Crippen molar-refractivity contribution in [1.82, 2.24) is 9.97 Å². The molecule has 120 valence electrons. The van der Waals surface area contributed by atoms with Crippen LogP contribution in [0.2, 0.25) is 0 Å². The highest BCUT2D eigenvalue weighted by molar-refractivity contribution is 7.90. The van der Waals surface area contributed by atoms with Gasteiger partial charge in [-0.05, 0) is 30.5 Å². The van der Waals surface area contributed by atoms with Crippen LogP contribution < -0.4 is 5.32 Å². The molecular weight excluding hydrogens is 302 g/mol. The van der Waals surface area contributed by atoms with E-state index in [1.807, 2.05) is 0 Å². The van der Waals surface area contributed by atoms with Crippen LogP contribution in [0.3, 0.4) is 0 Å². The minimum absolute atomic E-state index is 0.0184. The van der Waals surface area contributed by atoms with E-state index in [2.05, 4.69) is 29.1 Å². The molecule has 0 saturated heterocycles. The Hall–Kier alpha value is -1.73. The molecule has 1 aromatic carbocycles. The monoisotopic (exact) mass is 323 g/mol. The third kappa shape index (κ3) is 3.92. The molecule has 0 saturated carbocycles. The summed E-state index contributed by atoms with van der Waals surface area (Å²) in [4.78, 5) is 8.57. The van der Waals surface area contributed by atoms with Gasteiger partial charge in [0.25, 0.3) is 0 Å². The van der Waals surface area contributed by atoms with Crippen molar-refractivity contribution < 1.29 is 13.5 Å². The molecule has 2 N–H and O–H groups in total. The zero-order chi connectivity index (χ0) is 16.3. The van der Waals surface area contributed by atoms with Crippen LogP contribution in [0.15, 0.2) is 29.4 Å². The summed E-state index contributed by atoms with van der Waals surface area (Å²) in [7, 11) is -3.30. The number of hydrogen-bond donors (Lipinski definition) is 2. The van der Waals surface area contributed by atoms with Crippen molar-refractivity contribution >= 4 is 26.6 Å². The van der Waals surface area contributed by atoms with Gasteiger partial charge in [0.2, 0.25) is 0 Å². The van der Waals surface area contributed by atoms with Gasteiger partial charge in [0, 0.05) is 11.6 Å². The van der Waals surface area contributed by atoms with E-state index in [0.29, 0.717) is 22.6 Å². The highest BCUT2D eigenvalue weighted by Crippen LogP contribution is 2.24. The second kappa shape index (κ2) is 6.58. The van der Waals surface area contributed by atoms with Crippen molar-refractivity contribution in [3.63, 3.8) is 0 Å². The van der Waals surface area contributed by atoms with Crippen molar-refractivity contribution in [1.29, 1.82) is 0 Å². The number of nitrogens with one attached hydrogen (secondary N) is 1. The van der Waals surface area contributed by atoms with Gasteiger partial charge in [-0.25, -0.2) is 18.4 Å². The molecule has 1 heterocycles. The number of nitrogens with zero attached hydrogens (tertiary/aromatic N) is 2. The van der Waals surface area contributed by atoms with Crippen molar-refractivity contribution in [3.8, 4) is 0 Å². The quantitative estimate of drug-likeness (QED) is 0.843. The Balaban J connectivity index is 2.44. The van der Waals surface area contributed by atoms with Gasteiger partial charge in [-0.1, -0.05) is 13.8 Å². The van der Waals surface area contributed by atoms with Crippen molar-refractivity contribution in [2.75, 3.05) is 18.2 Å². The summed E-state index contributed by atoms with van der Waals surface area (Å²) in [6, 6.07) is 4.62. The highest BCUT2D eigenvalue weighted by Gasteiger charge is 2.14. The van der Waals surface area contributed by atoms with Gasteiger partial charge in [-0.3, -0.25) is 0 Å². The van der Waals surface area contributed by atoms with Crippen molar-refractivity contribution in [2.45, 2.75) is 31.2 Å². The molecule has 2 aromatic rings. The maximum atomic E-state index is 11.7. The number of rotatable bonds is 6. The number of anilines is 1. The molecule has 0 fully saturated rings. The molecule has 0 aliphatic heterocycles. The van der Waals surface area contributed by atoms with Gasteiger partial charge in [0.05, 0.1) is 23.1 Å². The number of aromatic nitrogens is 2. The third-order valence-corrected chi connectivity index (χ3v) is 4.46. The average molecular weight is 323 g/mol. The van der Waals surface area contributed by atoms with Gasteiger partial charge in [-0.2, -0.15) is 0 Å². The van der Waals surface area contributed by atoms with E-state index in [1.165, 1.54) is 18.6 Å². The first-order chi connectivity index (χ1) is 10.3. The Morgan fingerprint density at radius 3 is 2.59 bits per heavy atom. The largest absolute Gasteiger partial charge is 0.394 e. The molecule has 0 aliphatic rings. The molecule has 6 nitrogen and oxygen atoms in total. The number of hydrogen-bond acceptors (Lipinski definition) is 6. The summed E-state index contributed by atoms with van der Waals surface area (Å²) in [6.07, 6.45) is 3.38. The Morgan fingerprint density at radius 1 is 1.27 bits per heavy atom. The fourth-order valence-corrected chi connectivity index (χ4v) is 2.97. The first-order valence-corrected chi connectivity index (χ1v) is 9.02. The van der Waals surface area contributed by atoms with Crippen LogP contribution in [-0.2, 0) is 9.84 Å².